The Hall–Kier alpha value is -1.57. The lowest BCUT2D eigenvalue weighted by Gasteiger charge is -2.17. The van der Waals surface area contributed by atoms with Gasteiger partial charge in [0.1, 0.15) is 5.82 Å². The molecule has 1 aliphatic heterocycles. The molecule has 1 saturated heterocycles. The summed E-state index contributed by atoms with van der Waals surface area (Å²) >= 11 is 1.38. The minimum atomic E-state index is -0.351. The highest BCUT2D eigenvalue weighted by Crippen LogP contribution is 2.40. The second-order valence-electron chi connectivity index (χ2n) is 5.34. The van der Waals surface area contributed by atoms with Gasteiger partial charge in [-0.05, 0) is 26.7 Å². The Morgan fingerprint density at radius 1 is 1.48 bits per heavy atom. The van der Waals surface area contributed by atoms with Gasteiger partial charge in [0.05, 0.1) is 5.25 Å². The molecule has 1 aromatic heterocycles. The molecule has 1 atom stereocenters. The SMILES string of the molecule is CCn1c(SC(C)C(=O)N2CCNC2=O)nnc1C1CC1. The van der Waals surface area contributed by atoms with Crippen LogP contribution in [0.5, 0.6) is 0 Å². The number of thioether (sulfide) groups is 1. The molecular weight excluding hydrogens is 290 g/mol. The fourth-order valence-corrected chi connectivity index (χ4v) is 3.42. The van der Waals surface area contributed by atoms with E-state index in [1.165, 1.54) is 29.5 Å². The van der Waals surface area contributed by atoms with Crippen molar-refractivity contribution < 1.29 is 9.59 Å². The number of hydrogen-bond donors (Lipinski definition) is 1. The molecule has 0 spiro atoms. The Morgan fingerprint density at radius 3 is 2.81 bits per heavy atom. The van der Waals surface area contributed by atoms with Gasteiger partial charge in [0.25, 0.3) is 0 Å². The number of urea groups is 1. The van der Waals surface area contributed by atoms with Crippen molar-refractivity contribution >= 4 is 23.7 Å². The van der Waals surface area contributed by atoms with Gasteiger partial charge in [-0.15, -0.1) is 10.2 Å². The average molecular weight is 309 g/mol. The van der Waals surface area contributed by atoms with Gasteiger partial charge < -0.3 is 9.88 Å². The third kappa shape index (κ3) is 2.76. The molecule has 7 nitrogen and oxygen atoms in total. The lowest BCUT2D eigenvalue weighted by Crippen LogP contribution is -2.39. The van der Waals surface area contributed by atoms with E-state index in [9.17, 15) is 9.59 Å². The highest BCUT2D eigenvalue weighted by Gasteiger charge is 2.33. The third-order valence-electron chi connectivity index (χ3n) is 3.76. The van der Waals surface area contributed by atoms with Crippen molar-refractivity contribution in [2.24, 2.45) is 0 Å². The summed E-state index contributed by atoms with van der Waals surface area (Å²) in [6.45, 7) is 5.63. The zero-order chi connectivity index (χ0) is 15.0. The normalized spacial score (nSPS) is 19.7. The van der Waals surface area contributed by atoms with Gasteiger partial charge in [-0.25, -0.2) is 4.79 Å². The first-order chi connectivity index (χ1) is 10.1. The van der Waals surface area contributed by atoms with Crippen LogP contribution in [0.2, 0.25) is 0 Å². The lowest BCUT2D eigenvalue weighted by molar-refractivity contribution is -0.126. The van der Waals surface area contributed by atoms with Crippen molar-refractivity contribution in [1.29, 1.82) is 0 Å². The molecule has 1 aliphatic carbocycles. The van der Waals surface area contributed by atoms with Gasteiger partial charge in [0, 0.05) is 25.6 Å². The van der Waals surface area contributed by atoms with Gasteiger partial charge in [-0.2, -0.15) is 0 Å². The molecule has 21 heavy (non-hydrogen) atoms. The van der Waals surface area contributed by atoms with E-state index < -0.39 is 0 Å². The number of aromatic nitrogens is 3. The van der Waals surface area contributed by atoms with Crippen molar-refractivity contribution in [2.45, 2.75) is 49.6 Å². The zero-order valence-electron chi connectivity index (χ0n) is 12.2. The van der Waals surface area contributed by atoms with Gasteiger partial charge in [-0.1, -0.05) is 11.8 Å². The first kappa shape index (κ1) is 14.4. The quantitative estimate of drug-likeness (QED) is 0.827. The molecule has 1 saturated carbocycles. The summed E-state index contributed by atoms with van der Waals surface area (Å²) in [5.74, 6) is 1.38. The predicted molar refractivity (Wildman–Crippen MR) is 78.1 cm³/mol. The number of rotatable bonds is 5. The molecule has 3 amide bonds. The minimum Gasteiger partial charge on any atom is -0.336 e. The molecule has 8 heteroatoms. The molecule has 2 aliphatic rings. The van der Waals surface area contributed by atoms with Gasteiger partial charge in [-0.3, -0.25) is 9.69 Å². The number of hydrogen-bond acceptors (Lipinski definition) is 5. The van der Waals surface area contributed by atoms with Crippen molar-refractivity contribution in [3.05, 3.63) is 5.82 Å². The Morgan fingerprint density at radius 2 is 2.24 bits per heavy atom. The Kier molecular flexibility index (Phi) is 3.88. The van der Waals surface area contributed by atoms with Crippen LogP contribution >= 0.6 is 11.8 Å². The van der Waals surface area contributed by atoms with Crippen LogP contribution < -0.4 is 5.32 Å². The molecule has 1 aromatic rings. The topological polar surface area (TPSA) is 80.1 Å². The van der Waals surface area contributed by atoms with Crippen LogP contribution in [0.1, 0.15) is 38.4 Å². The standard InChI is InChI=1S/C13H19N5O2S/c1-3-17-10(9-4-5-9)15-16-13(17)21-8(2)11(19)18-7-6-14-12(18)20/h8-9H,3-7H2,1-2H3,(H,14,20). The van der Waals surface area contributed by atoms with E-state index in [1.54, 1.807) is 0 Å². The molecule has 0 aromatic carbocycles. The molecule has 2 heterocycles. The van der Waals surface area contributed by atoms with Crippen LogP contribution in [-0.2, 0) is 11.3 Å². The van der Waals surface area contributed by atoms with E-state index in [0.29, 0.717) is 19.0 Å². The maximum Gasteiger partial charge on any atom is 0.324 e. The summed E-state index contributed by atoms with van der Waals surface area (Å²) in [7, 11) is 0. The maximum atomic E-state index is 12.3. The van der Waals surface area contributed by atoms with Crippen LogP contribution in [-0.4, -0.2) is 49.9 Å². The van der Waals surface area contributed by atoms with E-state index in [-0.39, 0.29) is 17.2 Å². The lowest BCUT2D eigenvalue weighted by atomic mass is 10.4. The number of nitrogens with zero attached hydrogens (tertiary/aromatic N) is 4. The highest BCUT2D eigenvalue weighted by molar-refractivity contribution is 8.00. The number of carbonyl (C=O) groups is 2. The Labute approximate surface area is 127 Å². The van der Waals surface area contributed by atoms with Crippen LogP contribution in [0.4, 0.5) is 4.79 Å². The summed E-state index contributed by atoms with van der Waals surface area (Å²) in [6.07, 6.45) is 2.34. The van der Waals surface area contributed by atoms with Crippen LogP contribution in [0.15, 0.2) is 5.16 Å². The van der Waals surface area contributed by atoms with Gasteiger partial charge in [0.2, 0.25) is 5.91 Å². The molecule has 3 rings (SSSR count). The maximum absolute atomic E-state index is 12.3. The summed E-state index contributed by atoms with van der Waals surface area (Å²) < 4.78 is 2.08. The summed E-state index contributed by atoms with van der Waals surface area (Å²) in [5.41, 5.74) is 0. The Bertz CT molecular complexity index is 569. The van der Waals surface area contributed by atoms with Gasteiger partial charge >= 0.3 is 6.03 Å². The number of amides is 3. The zero-order valence-corrected chi connectivity index (χ0v) is 13.0. The van der Waals surface area contributed by atoms with Crippen molar-refractivity contribution in [3.8, 4) is 0 Å². The van der Waals surface area contributed by atoms with Crippen molar-refractivity contribution in [2.75, 3.05) is 13.1 Å². The van der Waals surface area contributed by atoms with Crippen LogP contribution in [0.25, 0.3) is 0 Å². The third-order valence-corrected chi connectivity index (χ3v) is 4.82. The van der Waals surface area contributed by atoms with Gasteiger partial charge in [0.15, 0.2) is 5.16 Å². The molecule has 0 bridgehead atoms. The van der Waals surface area contributed by atoms with Crippen molar-refractivity contribution in [3.63, 3.8) is 0 Å². The van der Waals surface area contributed by atoms with E-state index in [2.05, 4.69) is 27.0 Å². The second-order valence-corrected chi connectivity index (χ2v) is 6.65. The largest absolute Gasteiger partial charge is 0.336 e. The highest BCUT2D eigenvalue weighted by atomic mass is 32.2. The molecule has 1 unspecified atom stereocenters. The van der Waals surface area contributed by atoms with Crippen molar-refractivity contribution in [1.82, 2.24) is 25.0 Å². The Balaban J connectivity index is 1.70. The van der Waals surface area contributed by atoms with Crippen LogP contribution in [0.3, 0.4) is 0 Å². The van der Waals surface area contributed by atoms with Crippen LogP contribution in [0, 0.1) is 0 Å². The molecule has 1 N–H and O–H groups in total. The molecule has 2 fully saturated rings. The van der Waals surface area contributed by atoms with E-state index in [1.807, 2.05) is 6.92 Å². The average Bonchev–Trinajstić information content (AvgIpc) is 3.11. The first-order valence-electron chi connectivity index (χ1n) is 7.30. The van der Waals surface area contributed by atoms with E-state index in [0.717, 1.165) is 17.5 Å². The molecule has 0 radical (unpaired) electrons. The summed E-state index contributed by atoms with van der Waals surface area (Å²) in [5, 5.41) is 11.5. The minimum absolute atomic E-state index is 0.173. The number of imide groups is 1. The monoisotopic (exact) mass is 309 g/mol. The predicted octanol–water partition coefficient (Wildman–Crippen LogP) is 1.21. The first-order valence-corrected chi connectivity index (χ1v) is 8.18. The molecular formula is C13H19N5O2S. The van der Waals surface area contributed by atoms with E-state index >= 15 is 0 Å². The second kappa shape index (κ2) is 5.67. The number of carbonyl (C=O) groups excluding carboxylic acids is 2. The fraction of sp³-hybridized carbons (Fsp3) is 0.692. The summed E-state index contributed by atoms with van der Waals surface area (Å²) in [4.78, 5) is 25.1. The van der Waals surface area contributed by atoms with E-state index in [4.69, 9.17) is 0 Å². The summed E-state index contributed by atoms with van der Waals surface area (Å²) in [6, 6.07) is -0.303. The molecule has 114 valence electrons. The number of nitrogens with one attached hydrogen (secondary N) is 1. The smallest absolute Gasteiger partial charge is 0.324 e. The fourth-order valence-electron chi connectivity index (χ4n) is 2.44.